The van der Waals surface area contributed by atoms with E-state index in [9.17, 15) is 4.79 Å². The van der Waals surface area contributed by atoms with E-state index < -0.39 is 0 Å². The minimum Gasteiger partial charge on any atom is -0.269 e. The van der Waals surface area contributed by atoms with Crippen LogP contribution in [0.1, 0.15) is 23.1 Å². The van der Waals surface area contributed by atoms with Crippen LogP contribution >= 0.6 is 15.9 Å². The highest BCUT2D eigenvalue weighted by Gasteiger charge is 2.07. The fraction of sp³-hybridized carbons (Fsp3) is 0.273. The molecular formula is C11H11BrN2O. The Morgan fingerprint density at radius 2 is 2.20 bits per heavy atom. The summed E-state index contributed by atoms with van der Waals surface area (Å²) in [6.45, 7) is 3.85. The van der Waals surface area contributed by atoms with Crippen LogP contribution in [0.4, 0.5) is 0 Å². The average Bonchev–Trinajstić information content (AvgIpc) is 2.17. The first-order valence-corrected chi connectivity index (χ1v) is 5.64. The van der Waals surface area contributed by atoms with Gasteiger partial charge in [-0.25, -0.2) is 4.98 Å². The first-order chi connectivity index (χ1) is 7.09. The number of nitrogens with zero attached hydrogens (tertiary/aromatic N) is 2. The van der Waals surface area contributed by atoms with E-state index in [2.05, 4.69) is 20.9 Å². The molecule has 78 valence electrons. The molecule has 2 aromatic heterocycles. The van der Waals surface area contributed by atoms with Crippen LogP contribution < -0.4 is 5.56 Å². The molecule has 0 spiro atoms. The Balaban J connectivity index is 2.85. The molecule has 1 atom stereocenters. The maximum absolute atomic E-state index is 11.8. The maximum atomic E-state index is 11.8. The van der Waals surface area contributed by atoms with Crippen molar-refractivity contribution in [1.29, 1.82) is 0 Å². The molecule has 0 saturated carbocycles. The average molecular weight is 267 g/mol. The van der Waals surface area contributed by atoms with E-state index in [0.717, 1.165) is 11.4 Å². The molecule has 0 bridgehead atoms. The Labute approximate surface area is 95.9 Å². The second kappa shape index (κ2) is 3.77. The third kappa shape index (κ3) is 1.81. The van der Waals surface area contributed by atoms with Crippen molar-refractivity contribution in [2.75, 3.05) is 0 Å². The normalized spacial score (nSPS) is 13.0. The number of hydrogen-bond acceptors (Lipinski definition) is 2. The topological polar surface area (TPSA) is 34.4 Å². The molecule has 3 nitrogen and oxygen atoms in total. The van der Waals surface area contributed by atoms with Gasteiger partial charge in [0.05, 0.1) is 10.5 Å². The van der Waals surface area contributed by atoms with Crippen molar-refractivity contribution in [2.24, 2.45) is 0 Å². The zero-order valence-electron chi connectivity index (χ0n) is 8.57. The monoisotopic (exact) mass is 266 g/mol. The van der Waals surface area contributed by atoms with Crippen LogP contribution in [0.2, 0.25) is 0 Å². The number of pyridine rings is 1. The van der Waals surface area contributed by atoms with Gasteiger partial charge in [0, 0.05) is 11.8 Å². The lowest BCUT2D eigenvalue weighted by atomic mass is 10.3. The summed E-state index contributed by atoms with van der Waals surface area (Å²) in [4.78, 5) is 16.3. The molecule has 15 heavy (non-hydrogen) atoms. The number of rotatable bonds is 1. The van der Waals surface area contributed by atoms with Crippen molar-refractivity contribution in [3.05, 3.63) is 46.0 Å². The number of aryl methyl sites for hydroxylation is 1. The van der Waals surface area contributed by atoms with Gasteiger partial charge in [0.1, 0.15) is 5.65 Å². The van der Waals surface area contributed by atoms with E-state index in [1.165, 1.54) is 0 Å². The summed E-state index contributed by atoms with van der Waals surface area (Å²) < 4.78 is 1.61. The van der Waals surface area contributed by atoms with Crippen LogP contribution in [-0.4, -0.2) is 9.38 Å². The summed E-state index contributed by atoms with van der Waals surface area (Å²) in [7, 11) is 0. The SMILES string of the molecule is Cc1cccc2nc(C(C)Br)cc(=O)n12. The van der Waals surface area contributed by atoms with Crippen LogP contribution in [0.3, 0.4) is 0 Å². The molecule has 0 aliphatic heterocycles. The summed E-state index contributed by atoms with van der Waals surface area (Å²) in [5.41, 5.74) is 2.34. The predicted octanol–water partition coefficient (Wildman–Crippen LogP) is 2.46. The smallest absolute Gasteiger partial charge is 0.258 e. The Morgan fingerprint density at radius 1 is 1.47 bits per heavy atom. The molecule has 0 N–H and O–H groups in total. The molecule has 0 amide bonds. The quantitative estimate of drug-likeness (QED) is 0.744. The van der Waals surface area contributed by atoms with Gasteiger partial charge >= 0.3 is 0 Å². The van der Waals surface area contributed by atoms with Gasteiger partial charge in [-0.05, 0) is 26.0 Å². The number of fused-ring (bicyclic) bond motifs is 1. The standard InChI is InChI=1S/C11H11BrN2O/c1-7-4-3-5-10-13-9(8(2)12)6-11(15)14(7)10/h3-6,8H,1-2H3. The molecule has 2 heterocycles. The fourth-order valence-corrected chi connectivity index (χ4v) is 1.77. The third-order valence-corrected chi connectivity index (χ3v) is 2.78. The largest absolute Gasteiger partial charge is 0.269 e. The molecular weight excluding hydrogens is 256 g/mol. The van der Waals surface area contributed by atoms with E-state index >= 15 is 0 Å². The summed E-state index contributed by atoms with van der Waals surface area (Å²) in [6, 6.07) is 7.21. The molecule has 2 rings (SSSR count). The van der Waals surface area contributed by atoms with Crippen molar-refractivity contribution >= 4 is 21.6 Å². The highest BCUT2D eigenvalue weighted by molar-refractivity contribution is 9.09. The van der Waals surface area contributed by atoms with Crippen molar-refractivity contribution < 1.29 is 0 Å². The molecule has 0 aliphatic carbocycles. The Kier molecular flexibility index (Phi) is 2.61. The van der Waals surface area contributed by atoms with Gasteiger partial charge in [0.15, 0.2) is 0 Å². The summed E-state index contributed by atoms with van der Waals surface area (Å²) in [5.74, 6) is 0. The Bertz CT molecular complexity index is 560. The van der Waals surface area contributed by atoms with Crippen molar-refractivity contribution in [2.45, 2.75) is 18.7 Å². The van der Waals surface area contributed by atoms with Crippen molar-refractivity contribution in [3.8, 4) is 0 Å². The molecule has 0 aliphatic rings. The molecule has 0 saturated heterocycles. The lowest BCUT2D eigenvalue weighted by Gasteiger charge is -2.07. The number of hydrogen-bond donors (Lipinski definition) is 0. The second-order valence-electron chi connectivity index (χ2n) is 3.50. The zero-order chi connectivity index (χ0) is 11.0. The highest BCUT2D eigenvalue weighted by Crippen LogP contribution is 2.18. The lowest BCUT2D eigenvalue weighted by molar-refractivity contribution is 0.935. The highest BCUT2D eigenvalue weighted by atomic mass is 79.9. The number of alkyl halides is 1. The first-order valence-electron chi connectivity index (χ1n) is 4.73. The summed E-state index contributed by atoms with van der Waals surface area (Å²) >= 11 is 3.41. The van der Waals surface area contributed by atoms with Crippen LogP contribution in [0.25, 0.3) is 5.65 Å². The molecule has 0 fully saturated rings. The van der Waals surface area contributed by atoms with Gasteiger partial charge in [-0.2, -0.15) is 0 Å². The van der Waals surface area contributed by atoms with Gasteiger partial charge in [0.2, 0.25) is 0 Å². The van der Waals surface area contributed by atoms with E-state index in [1.807, 2.05) is 32.0 Å². The number of halogens is 1. The van der Waals surface area contributed by atoms with Gasteiger partial charge in [-0.1, -0.05) is 22.0 Å². The Morgan fingerprint density at radius 3 is 2.87 bits per heavy atom. The third-order valence-electron chi connectivity index (χ3n) is 2.31. The van der Waals surface area contributed by atoms with Crippen LogP contribution in [-0.2, 0) is 0 Å². The van der Waals surface area contributed by atoms with Gasteiger partial charge in [-0.15, -0.1) is 0 Å². The van der Waals surface area contributed by atoms with Gasteiger partial charge in [-0.3, -0.25) is 9.20 Å². The fourth-order valence-electron chi connectivity index (χ4n) is 1.54. The predicted molar refractivity (Wildman–Crippen MR) is 63.5 cm³/mol. The zero-order valence-corrected chi connectivity index (χ0v) is 10.2. The van der Waals surface area contributed by atoms with Crippen LogP contribution in [0, 0.1) is 6.92 Å². The first kappa shape index (κ1) is 10.4. The molecule has 0 aromatic carbocycles. The second-order valence-corrected chi connectivity index (χ2v) is 4.87. The van der Waals surface area contributed by atoms with Gasteiger partial charge in [0.25, 0.3) is 5.56 Å². The van der Waals surface area contributed by atoms with E-state index in [-0.39, 0.29) is 10.4 Å². The van der Waals surface area contributed by atoms with Crippen molar-refractivity contribution in [1.82, 2.24) is 9.38 Å². The summed E-state index contributed by atoms with van der Waals surface area (Å²) in [6.07, 6.45) is 0. The van der Waals surface area contributed by atoms with Crippen LogP contribution in [0.15, 0.2) is 29.1 Å². The number of aromatic nitrogens is 2. The van der Waals surface area contributed by atoms with E-state index in [0.29, 0.717) is 5.65 Å². The van der Waals surface area contributed by atoms with E-state index in [1.54, 1.807) is 10.5 Å². The lowest BCUT2D eigenvalue weighted by Crippen LogP contribution is -2.17. The minimum absolute atomic E-state index is 0.0283. The maximum Gasteiger partial charge on any atom is 0.258 e. The summed E-state index contributed by atoms with van der Waals surface area (Å²) in [5, 5.41) is 0. The molecule has 0 radical (unpaired) electrons. The molecule has 4 heteroatoms. The minimum atomic E-state index is -0.0283. The van der Waals surface area contributed by atoms with E-state index in [4.69, 9.17) is 0 Å². The van der Waals surface area contributed by atoms with Crippen LogP contribution in [0.5, 0.6) is 0 Å². The Hall–Kier alpha value is -1.16. The van der Waals surface area contributed by atoms with Gasteiger partial charge < -0.3 is 0 Å². The molecule has 2 aromatic rings. The molecule has 1 unspecified atom stereocenters. The van der Waals surface area contributed by atoms with Crippen molar-refractivity contribution in [3.63, 3.8) is 0 Å².